The number of sulfonamides is 1. The number of aryl methyl sites for hydroxylation is 4. The lowest BCUT2D eigenvalue weighted by molar-refractivity contribution is 0.600. The zero-order chi connectivity index (χ0) is 19.6. The molecular weight excluding hydrogens is 358 g/mol. The van der Waals surface area contributed by atoms with Crippen molar-refractivity contribution in [2.45, 2.75) is 32.6 Å². The number of nitrogens with one attached hydrogen (secondary N) is 2. The highest BCUT2D eigenvalue weighted by Gasteiger charge is 2.17. The molecule has 1 heterocycles. The fourth-order valence-corrected chi connectivity index (χ4v) is 4.25. The molecule has 3 aromatic rings. The summed E-state index contributed by atoms with van der Waals surface area (Å²) in [6.07, 6.45) is 1.51. The summed E-state index contributed by atoms with van der Waals surface area (Å²) in [6, 6.07) is 14.8. The fraction of sp³-hybridized carbons (Fsp3) is 0.190. The van der Waals surface area contributed by atoms with Crippen molar-refractivity contribution in [2.24, 2.45) is 0 Å². The van der Waals surface area contributed by atoms with Crippen molar-refractivity contribution in [3.63, 3.8) is 0 Å². The van der Waals surface area contributed by atoms with E-state index in [-0.39, 0.29) is 4.90 Å². The van der Waals surface area contributed by atoms with Gasteiger partial charge in [0, 0.05) is 5.69 Å². The quantitative estimate of drug-likeness (QED) is 0.662. The Kier molecular flexibility index (Phi) is 5.19. The highest BCUT2D eigenvalue weighted by molar-refractivity contribution is 7.92. The number of hydrogen-bond donors (Lipinski definition) is 2. The van der Waals surface area contributed by atoms with Crippen molar-refractivity contribution in [2.75, 3.05) is 10.0 Å². The van der Waals surface area contributed by atoms with Crippen molar-refractivity contribution in [1.29, 1.82) is 0 Å². The molecule has 2 aromatic carbocycles. The smallest absolute Gasteiger partial charge is 0.262 e. The topological polar surface area (TPSA) is 71.1 Å². The van der Waals surface area contributed by atoms with E-state index in [2.05, 4.69) is 15.0 Å². The van der Waals surface area contributed by atoms with Crippen LogP contribution in [0.4, 0.5) is 17.2 Å². The van der Waals surface area contributed by atoms with Gasteiger partial charge in [-0.2, -0.15) is 0 Å². The second kappa shape index (κ2) is 7.40. The third-order valence-corrected chi connectivity index (χ3v) is 5.91. The summed E-state index contributed by atoms with van der Waals surface area (Å²) in [6.45, 7) is 7.78. The normalized spacial score (nSPS) is 11.3. The summed E-state index contributed by atoms with van der Waals surface area (Å²) in [7, 11) is -3.66. The van der Waals surface area contributed by atoms with Crippen molar-refractivity contribution in [3.8, 4) is 0 Å². The fourth-order valence-electron chi connectivity index (χ4n) is 2.98. The van der Waals surface area contributed by atoms with Gasteiger partial charge in [-0.25, -0.2) is 13.4 Å². The van der Waals surface area contributed by atoms with Crippen LogP contribution in [-0.4, -0.2) is 13.4 Å². The molecule has 0 radical (unpaired) electrons. The Balaban J connectivity index is 1.79. The van der Waals surface area contributed by atoms with Gasteiger partial charge >= 0.3 is 0 Å². The van der Waals surface area contributed by atoms with E-state index >= 15 is 0 Å². The van der Waals surface area contributed by atoms with Gasteiger partial charge in [-0.05, 0) is 62.6 Å². The number of rotatable bonds is 5. The maximum atomic E-state index is 12.6. The van der Waals surface area contributed by atoms with E-state index in [1.54, 1.807) is 31.2 Å². The number of benzene rings is 2. The van der Waals surface area contributed by atoms with Crippen molar-refractivity contribution < 1.29 is 8.42 Å². The predicted octanol–water partition coefficient (Wildman–Crippen LogP) is 4.86. The molecule has 140 valence electrons. The molecule has 0 bridgehead atoms. The molecule has 5 nitrogen and oxygen atoms in total. The zero-order valence-electron chi connectivity index (χ0n) is 15.9. The van der Waals surface area contributed by atoms with Gasteiger partial charge < -0.3 is 5.32 Å². The van der Waals surface area contributed by atoms with Crippen LogP contribution in [0.15, 0.2) is 59.6 Å². The monoisotopic (exact) mass is 381 g/mol. The number of anilines is 3. The number of nitrogens with zero attached hydrogens (tertiary/aromatic N) is 1. The van der Waals surface area contributed by atoms with E-state index in [9.17, 15) is 8.42 Å². The van der Waals surface area contributed by atoms with Gasteiger partial charge in [0.1, 0.15) is 5.82 Å². The van der Waals surface area contributed by atoms with E-state index in [0.717, 1.165) is 22.4 Å². The molecule has 0 aliphatic heterocycles. The minimum absolute atomic E-state index is 0.269. The molecule has 27 heavy (non-hydrogen) atoms. The predicted molar refractivity (Wildman–Crippen MR) is 110 cm³/mol. The lowest BCUT2D eigenvalue weighted by atomic mass is 10.1. The number of hydrogen-bond acceptors (Lipinski definition) is 4. The van der Waals surface area contributed by atoms with Crippen LogP contribution in [0.2, 0.25) is 0 Å². The average molecular weight is 382 g/mol. The van der Waals surface area contributed by atoms with Gasteiger partial charge in [-0.15, -0.1) is 0 Å². The van der Waals surface area contributed by atoms with Gasteiger partial charge in [0.25, 0.3) is 10.0 Å². The molecule has 0 atom stereocenters. The first-order valence-electron chi connectivity index (χ1n) is 8.65. The van der Waals surface area contributed by atoms with Crippen molar-refractivity contribution in [3.05, 3.63) is 77.0 Å². The van der Waals surface area contributed by atoms with Crippen LogP contribution in [0.3, 0.4) is 0 Å². The average Bonchev–Trinajstić information content (AvgIpc) is 2.59. The summed E-state index contributed by atoms with van der Waals surface area (Å²) in [5.74, 6) is 0.655. The lowest BCUT2D eigenvalue weighted by Gasteiger charge is -2.13. The molecule has 0 fully saturated rings. The summed E-state index contributed by atoms with van der Waals surface area (Å²) >= 11 is 0. The van der Waals surface area contributed by atoms with Crippen LogP contribution in [0.25, 0.3) is 0 Å². The first-order chi connectivity index (χ1) is 12.8. The van der Waals surface area contributed by atoms with E-state index in [1.807, 2.05) is 45.0 Å². The molecule has 0 aliphatic rings. The zero-order valence-corrected chi connectivity index (χ0v) is 16.7. The summed E-state index contributed by atoms with van der Waals surface area (Å²) in [4.78, 5) is 4.60. The summed E-state index contributed by atoms with van der Waals surface area (Å²) in [5, 5.41) is 3.29. The van der Waals surface area contributed by atoms with Crippen LogP contribution in [-0.2, 0) is 10.0 Å². The SMILES string of the molecule is Cc1ccc(S(=O)(=O)Nc2ccc(Nc3c(C)cccc3C)nc2)c(C)c1. The molecule has 1 aromatic heterocycles. The molecular formula is C21H23N3O2S. The Morgan fingerprint density at radius 2 is 1.56 bits per heavy atom. The minimum atomic E-state index is -3.66. The third kappa shape index (κ3) is 4.28. The molecule has 2 N–H and O–H groups in total. The van der Waals surface area contributed by atoms with Crippen molar-refractivity contribution >= 4 is 27.2 Å². The van der Waals surface area contributed by atoms with E-state index in [1.165, 1.54) is 6.20 Å². The lowest BCUT2D eigenvalue weighted by Crippen LogP contribution is -2.14. The van der Waals surface area contributed by atoms with Crippen LogP contribution in [0.1, 0.15) is 22.3 Å². The van der Waals surface area contributed by atoms with E-state index < -0.39 is 10.0 Å². The molecule has 6 heteroatoms. The third-order valence-electron chi connectivity index (χ3n) is 4.37. The minimum Gasteiger partial charge on any atom is -0.340 e. The number of aromatic nitrogens is 1. The van der Waals surface area contributed by atoms with Gasteiger partial charge in [0.15, 0.2) is 0 Å². The van der Waals surface area contributed by atoms with Crippen molar-refractivity contribution in [1.82, 2.24) is 4.98 Å². The Bertz CT molecular complexity index is 1050. The molecule has 0 aliphatic carbocycles. The van der Waals surface area contributed by atoms with E-state index in [4.69, 9.17) is 0 Å². The maximum Gasteiger partial charge on any atom is 0.262 e. The summed E-state index contributed by atoms with van der Waals surface area (Å²) < 4.78 is 27.9. The Labute approximate surface area is 160 Å². The van der Waals surface area contributed by atoms with Crippen LogP contribution in [0, 0.1) is 27.7 Å². The largest absolute Gasteiger partial charge is 0.340 e. The molecule has 0 amide bonds. The van der Waals surface area contributed by atoms with Gasteiger partial charge in [0.2, 0.25) is 0 Å². The molecule has 0 unspecified atom stereocenters. The molecule has 0 spiro atoms. The van der Waals surface area contributed by atoms with Gasteiger partial charge in [0.05, 0.1) is 16.8 Å². The highest BCUT2D eigenvalue weighted by Crippen LogP contribution is 2.25. The second-order valence-corrected chi connectivity index (χ2v) is 8.35. The second-order valence-electron chi connectivity index (χ2n) is 6.70. The Morgan fingerprint density at radius 3 is 2.15 bits per heavy atom. The first-order valence-corrected chi connectivity index (χ1v) is 10.1. The molecule has 0 saturated carbocycles. The number of para-hydroxylation sites is 1. The van der Waals surface area contributed by atoms with Gasteiger partial charge in [-0.1, -0.05) is 35.9 Å². The summed E-state index contributed by atoms with van der Waals surface area (Å²) in [5.41, 5.74) is 5.40. The molecule has 3 rings (SSSR count). The standard InChI is InChI=1S/C21H23N3O2S/c1-14-8-10-19(17(4)12-14)27(25,26)24-18-9-11-20(22-13-18)23-21-15(2)6-5-7-16(21)3/h5-13,24H,1-4H3,(H,22,23). The van der Waals surface area contributed by atoms with E-state index in [0.29, 0.717) is 17.1 Å². The van der Waals surface area contributed by atoms with Crippen LogP contribution in [0.5, 0.6) is 0 Å². The highest BCUT2D eigenvalue weighted by atomic mass is 32.2. The molecule has 0 saturated heterocycles. The first kappa shape index (κ1) is 18.9. The number of pyridine rings is 1. The maximum absolute atomic E-state index is 12.6. The Morgan fingerprint density at radius 1 is 0.852 bits per heavy atom. The van der Waals surface area contributed by atoms with Gasteiger partial charge in [-0.3, -0.25) is 4.72 Å². The van der Waals surface area contributed by atoms with Crippen LogP contribution >= 0.6 is 0 Å². The van der Waals surface area contributed by atoms with Crippen LogP contribution < -0.4 is 10.0 Å². The Hall–Kier alpha value is -2.86.